The smallest absolute Gasteiger partial charge is 0.123 e. The van der Waals surface area contributed by atoms with Crippen molar-refractivity contribution >= 4 is 0 Å². The Hall–Kier alpha value is -1.10. The molecule has 1 aromatic rings. The predicted octanol–water partition coefficient (Wildman–Crippen LogP) is 2.71. The van der Waals surface area contributed by atoms with E-state index in [4.69, 9.17) is 15.3 Å². The molecule has 1 unspecified atom stereocenters. The number of ether oxygens (including phenoxy) is 2. The molecular formula is C15H26N2O2. The first-order chi connectivity index (χ1) is 9.08. The Morgan fingerprint density at radius 2 is 1.89 bits per heavy atom. The lowest BCUT2D eigenvalue weighted by atomic mass is 9.83. The normalized spacial score (nSPS) is 13.4. The van der Waals surface area contributed by atoms with E-state index in [9.17, 15) is 0 Å². The van der Waals surface area contributed by atoms with Crippen molar-refractivity contribution in [3.63, 3.8) is 0 Å². The second-order valence-corrected chi connectivity index (χ2v) is 4.82. The fraction of sp³-hybridized carbons (Fsp3) is 0.600. The van der Waals surface area contributed by atoms with Gasteiger partial charge in [-0.1, -0.05) is 31.5 Å². The van der Waals surface area contributed by atoms with Gasteiger partial charge in [0.25, 0.3) is 0 Å². The van der Waals surface area contributed by atoms with Gasteiger partial charge in [0.1, 0.15) is 5.75 Å². The molecule has 19 heavy (non-hydrogen) atoms. The number of nitrogens with one attached hydrogen (secondary N) is 1. The molecule has 1 aromatic carbocycles. The average molecular weight is 266 g/mol. The summed E-state index contributed by atoms with van der Waals surface area (Å²) in [5.74, 6) is 6.64. The molecule has 0 bridgehead atoms. The summed E-state index contributed by atoms with van der Waals surface area (Å²) >= 11 is 0. The molecule has 0 saturated heterocycles. The van der Waals surface area contributed by atoms with Crippen molar-refractivity contribution in [3.05, 3.63) is 29.3 Å². The van der Waals surface area contributed by atoms with Crippen LogP contribution in [-0.2, 0) is 4.74 Å². The first-order valence-electron chi connectivity index (χ1n) is 6.74. The van der Waals surface area contributed by atoms with Crippen LogP contribution < -0.4 is 16.0 Å². The van der Waals surface area contributed by atoms with Crippen LogP contribution in [0.4, 0.5) is 0 Å². The molecule has 0 aromatic heterocycles. The number of benzene rings is 1. The van der Waals surface area contributed by atoms with E-state index in [1.165, 1.54) is 5.56 Å². The fourth-order valence-electron chi connectivity index (χ4n) is 2.67. The molecule has 108 valence electrons. The second kappa shape index (κ2) is 6.89. The summed E-state index contributed by atoms with van der Waals surface area (Å²) < 4.78 is 11.2. The molecule has 0 amide bonds. The first kappa shape index (κ1) is 16.0. The monoisotopic (exact) mass is 266 g/mol. The van der Waals surface area contributed by atoms with Gasteiger partial charge >= 0.3 is 0 Å². The van der Waals surface area contributed by atoms with E-state index in [0.29, 0.717) is 0 Å². The summed E-state index contributed by atoms with van der Waals surface area (Å²) in [6.07, 6.45) is 1.73. The van der Waals surface area contributed by atoms with Gasteiger partial charge in [0.05, 0.1) is 18.8 Å². The van der Waals surface area contributed by atoms with Gasteiger partial charge in [0.2, 0.25) is 0 Å². The number of hydrogen-bond acceptors (Lipinski definition) is 4. The quantitative estimate of drug-likeness (QED) is 0.588. The van der Waals surface area contributed by atoms with E-state index in [1.54, 1.807) is 14.2 Å². The van der Waals surface area contributed by atoms with Crippen LogP contribution in [0.5, 0.6) is 5.75 Å². The van der Waals surface area contributed by atoms with Crippen molar-refractivity contribution in [1.29, 1.82) is 0 Å². The van der Waals surface area contributed by atoms with Gasteiger partial charge in [-0.25, -0.2) is 5.43 Å². The Morgan fingerprint density at radius 3 is 2.32 bits per heavy atom. The van der Waals surface area contributed by atoms with Gasteiger partial charge in [0, 0.05) is 12.7 Å². The van der Waals surface area contributed by atoms with E-state index < -0.39 is 0 Å². The van der Waals surface area contributed by atoms with Crippen molar-refractivity contribution < 1.29 is 9.47 Å². The molecule has 4 nitrogen and oxygen atoms in total. The molecule has 0 spiro atoms. The number of hydrazine groups is 1. The summed E-state index contributed by atoms with van der Waals surface area (Å²) in [6.45, 7) is 6.28. The maximum atomic E-state index is 5.81. The Balaban J connectivity index is 3.33. The summed E-state index contributed by atoms with van der Waals surface area (Å²) in [4.78, 5) is 0. The standard InChI is InChI=1S/C15H26N2O2/c1-6-15(7-2,19-5)14(17-16)12-10-11(3)8-9-13(12)18-4/h8-10,14,17H,6-7,16H2,1-5H3. The molecule has 0 aliphatic carbocycles. The lowest BCUT2D eigenvalue weighted by Gasteiger charge is -2.38. The van der Waals surface area contributed by atoms with Crippen LogP contribution in [-0.4, -0.2) is 19.8 Å². The fourth-order valence-corrected chi connectivity index (χ4v) is 2.67. The van der Waals surface area contributed by atoms with Crippen LogP contribution in [0.1, 0.15) is 43.9 Å². The molecule has 0 saturated carbocycles. The van der Waals surface area contributed by atoms with Gasteiger partial charge in [-0.2, -0.15) is 0 Å². The SMILES string of the molecule is CCC(CC)(OC)C(NN)c1cc(C)ccc1OC. The molecule has 1 atom stereocenters. The highest BCUT2D eigenvalue weighted by Crippen LogP contribution is 2.38. The first-order valence-corrected chi connectivity index (χ1v) is 6.74. The van der Waals surface area contributed by atoms with Gasteiger partial charge in [-0.3, -0.25) is 5.84 Å². The zero-order valence-electron chi connectivity index (χ0n) is 12.6. The van der Waals surface area contributed by atoms with Crippen LogP contribution in [0.25, 0.3) is 0 Å². The molecule has 4 heteroatoms. The summed E-state index contributed by atoms with van der Waals surface area (Å²) in [5, 5.41) is 0. The zero-order chi connectivity index (χ0) is 14.5. The van der Waals surface area contributed by atoms with Gasteiger partial charge < -0.3 is 9.47 Å². The minimum atomic E-state index is -0.337. The lowest BCUT2D eigenvalue weighted by Crippen LogP contribution is -2.47. The van der Waals surface area contributed by atoms with Gasteiger partial charge in [-0.05, 0) is 25.8 Å². The van der Waals surface area contributed by atoms with Crippen LogP contribution in [0.15, 0.2) is 18.2 Å². The van der Waals surface area contributed by atoms with Crippen molar-refractivity contribution in [2.24, 2.45) is 5.84 Å². The van der Waals surface area contributed by atoms with Gasteiger partial charge in [0.15, 0.2) is 0 Å². The Kier molecular flexibility index (Phi) is 5.79. The average Bonchev–Trinajstić information content (AvgIpc) is 2.45. The van der Waals surface area contributed by atoms with Crippen molar-refractivity contribution in [3.8, 4) is 5.75 Å². The maximum absolute atomic E-state index is 5.81. The maximum Gasteiger partial charge on any atom is 0.123 e. The zero-order valence-corrected chi connectivity index (χ0v) is 12.6. The molecule has 0 radical (unpaired) electrons. The molecule has 0 aliphatic rings. The van der Waals surface area contributed by atoms with E-state index in [-0.39, 0.29) is 11.6 Å². The van der Waals surface area contributed by atoms with E-state index in [0.717, 1.165) is 24.2 Å². The molecule has 0 fully saturated rings. The Morgan fingerprint density at radius 1 is 1.26 bits per heavy atom. The second-order valence-electron chi connectivity index (χ2n) is 4.82. The van der Waals surface area contributed by atoms with Crippen LogP contribution in [0.2, 0.25) is 0 Å². The third-order valence-electron chi connectivity index (χ3n) is 3.99. The molecular weight excluding hydrogens is 240 g/mol. The predicted molar refractivity (Wildman–Crippen MR) is 78.1 cm³/mol. The highest BCUT2D eigenvalue weighted by Gasteiger charge is 2.37. The molecule has 1 rings (SSSR count). The third kappa shape index (κ3) is 3.08. The number of methoxy groups -OCH3 is 2. The molecule has 3 N–H and O–H groups in total. The van der Waals surface area contributed by atoms with E-state index in [1.807, 2.05) is 12.1 Å². The summed E-state index contributed by atoms with van der Waals surface area (Å²) in [5.41, 5.74) is 4.78. The van der Waals surface area contributed by atoms with E-state index in [2.05, 4.69) is 32.3 Å². The van der Waals surface area contributed by atoms with Crippen molar-refractivity contribution in [1.82, 2.24) is 5.43 Å². The minimum absolute atomic E-state index is 0.109. The lowest BCUT2D eigenvalue weighted by molar-refractivity contribution is -0.0491. The number of nitrogens with two attached hydrogens (primary N) is 1. The molecule has 0 heterocycles. The van der Waals surface area contributed by atoms with Crippen LogP contribution in [0, 0.1) is 6.92 Å². The summed E-state index contributed by atoms with van der Waals surface area (Å²) in [7, 11) is 3.41. The van der Waals surface area contributed by atoms with Crippen molar-refractivity contribution in [2.75, 3.05) is 14.2 Å². The largest absolute Gasteiger partial charge is 0.496 e. The number of rotatable bonds is 7. The Labute approximate surface area is 116 Å². The minimum Gasteiger partial charge on any atom is -0.496 e. The number of aryl methyl sites for hydroxylation is 1. The van der Waals surface area contributed by atoms with Crippen LogP contribution in [0.3, 0.4) is 0 Å². The van der Waals surface area contributed by atoms with Crippen molar-refractivity contribution in [2.45, 2.75) is 45.3 Å². The third-order valence-corrected chi connectivity index (χ3v) is 3.99. The number of hydrogen-bond donors (Lipinski definition) is 2. The van der Waals surface area contributed by atoms with Gasteiger partial charge in [-0.15, -0.1) is 0 Å². The Bertz CT molecular complexity index is 395. The van der Waals surface area contributed by atoms with E-state index >= 15 is 0 Å². The van der Waals surface area contributed by atoms with Crippen LogP contribution >= 0.6 is 0 Å². The summed E-state index contributed by atoms with van der Waals surface area (Å²) in [6, 6.07) is 5.99. The highest BCUT2D eigenvalue weighted by atomic mass is 16.5. The topological polar surface area (TPSA) is 56.5 Å². The molecule has 0 aliphatic heterocycles. The highest BCUT2D eigenvalue weighted by molar-refractivity contribution is 5.40.